The summed E-state index contributed by atoms with van der Waals surface area (Å²) in [7, 11) is 0. The Kier molecular flexibility index (Phi) is 7.00. The van der Waals surface area contributed by atoms with Crippen molar-refractivity contribution in [2.75, 3.05) is 13.1 Å². The van der Waals surface area contributed by atoms with Gasteiger partial charge >= 0.3 is 0 Å². The Morgan fingerprint density at radius 2 is 1.69 bits per heavy atom. The summed E-state index contributed by atoms with van der Waals surface area (Å²) in [6.07, 6.45) is 1.83. The van der Waals surface area contributed by atoms with E-state index in [4.69, 9.17) is 4.52 Å². The van der Waals surface area contributed by atoms with Crippen molar-refractivity contribution < 1.29 is 9.32 Å². The second-order valence-corrected chi connectivity index (χ2v) is 9.21. The second kappa shape index (κ2) is 10.7. The van der Waals surface area contributed by atoms with Crippen LogP contribution in [0.1, 0.15) is 41.5 Å². The highest BCUT2D eigenvalue weighted by Crippen LogP contribution is 2.25. The lowest BCUT2D eigenvalue weighted by molar-refractivity contribution is -0.127. The van der Waals surface area contributed by atoms with E-state index in [9.17, 15) is 4.79 Å². The number of likely N-dealkylation sites (tertiary alicyclic amines) is 1. The Hall–Kier alpha value is -3.77. The van der Waals surface area contributed by atoms with Gasteiger partial charge in [-0.1, -0.05) is 95.6 Å². The molecule has 4 aromatic rings. The average Bonchev–Trinajstić information content (AvgIpc) is 3.37. The molecule has 35 heavy (non-hydrogen) atoms. The first-order valence-electron chi connectivity index (χ1n) is 12.2. The van der Waals surface area contributed by atoms with Gasteiger partial charge < -0.3 is 9.84 Å². The Labute approximate surface area is 206 Å². The first kappa shape index (κ1) is 23.0. The Morgan fingerprint density at radius 1 is 1.00 bits per heavy atom. The highest BCUT2D eigenvalue weighted by atomic mass is 16.5. The molecule has 6 heteroatoms. The average molecular weight is 467 g/mol. The van der Waals surface area contributed by atoms with E-state index >= 15 is 0 Å². The predicted molar refractivity (Wildman–Crippen MR) is 135 cm³/mol. The van der Waals surface area contributed by atoms with E-state index in [2.05, 4.69) is 63.7 Å². The van der Waals surface area contributed by atoms with Crippen molar-refractivity contribution in [1.82, 2.24) is 20.4 Å². The molecular weight excluding hydrogens is 436 g/mol. The third kappa shape index (κ3) is 5.66. The zero-order valence-electron chi connectivity index (χ0n) is 19.9. The fraction of sp³-hybridized carbons (Fsp3) is 0.276. The van der Waals surface area contributed by atoms with E-state index in [0.717, 1.165) is 36.1 Å². The van der Waals surface area contributed by atoms with Gasteiger partial charge in [0, 0.05) is 12.1 Å². The lowest BCUT2D eigenvalue weighted by atomic mass is 9.94. The zero-order valence-corrected chi connectivity index (χ0v) is 19.9. The molecule has 1 fully saturated rings. The van der Waals surface area contributed by atoms with Crippen LogP contribution in [-0.2, 0) is 11.3 Å². The minimum atomic E-state index is -0.177. The van der Waals surface area contributed by atoms with Gasteiger partial charge in [0.05, 0.1) is 18.5 Å². The van der Waals surface area contributed by atoms with Crippen molar-refractivity contribution in [2.24, 2.45) is 5.92 Å². The maximum absolute atomic E-state index is 13.4. The van der Waals surface area contributed by atoms with Crippen LogP contribution in [0.5, 0.6) is 0 Å². The standard InChI is InChI=1S/C29H30N4O2/c1-21-14-16-23(17-15-21)27(22-9-4-2-5-10-22)31-29(34)25-13-8-18-33(19-25)20-26-30-28(32-35-26)24-11-6-3-7-12-24/h2-7,9-12,14-17,25,27H,8,13,18-20H2,1H3,(H,31,34). The molecule has 0 radical (unpaired) electrons. The lowest BCUT2D eigenvalue weighted by Gasteiger charge is -2.32. The van der Waals surface area contributed by atoms with Crippen LogP contribution < -0.4 is 5.32 Å². The van der Waals surface area contributed by atoms with E-state index in [1.54, 1.807) is 0 Å². The fourth-order valence-corrected chi connectivity index (χ4v) is 4.65. The number of amides is 1. The molecule has 1 amide bonds. The van der Waals surface area contributed by atoms with Crippen LogP contribution in [0.3, 0.4) is 0 Å². The van der Waals surface area contributed by atoms with Crippen LogP contribution in [0.4, 0.5) is 0 Å². The van der Waals surface area contributed by atoms with Crippen molar-refractivity contribution >= 4 is 5.91 Å². The minimum absolute atomic E-state index is 0.0830. The Morgan fingerprint density at radius 3 is 2.43 bits per heavy atom. The summed E-state index contributed by atoms with van der Waals surface area (Å²) in [5.41, 5.74) is 4.30. The summed E-state index contributed by atoms with van der Waals surface area (Å²) in [4.78, 5) is 20.2. The molecule has 0 spiro atoms. The molecule has 2 heterocycles. The number of carbonyl (C=O) groups is 1. The number of carbonyl (C=O) groups excluding carboxylic acids is 1. The molecule has 178 valence electrons. The van der Waals surface area contributed by atoms with Crippen LogP contribution in [-0.4, -0.2) is 34.0 Å². The molecule has 0 bridgehead atoms. The smallest absolute Gasteiger partial charge is 0.241 e. The minimum Gasteiger partial charge on any atom is -0.345 e. The van der Waals surface area contributed by atoms with Gasteiger partial charge in [0.1, 0.15) is 0 Å². The topological polar surface area (TPSA) is 71.3 Å². The lowest BCUT2D eigenvalue weighted by Crippen LogP contribution is -2.43. The number of benzene rings is 3. The summed E-state index contributed by atoms with van der Waals surface area (Å²) in [6, 6.07) is 28.2. The van der Waals surface area contributed by atoms with Crippen LogP contribution in [0, 0.1) is 12.8 Å². The molecule has 1 saturated heterocycles. The molecule has 2 atom stereocenters. The van der Waals surface area contributed by atoms with Crippen LogP contribution in [0.2, 0.25) is 0 Å². The van der Waals surface area contributed by atoms with Gasteiger partial charge in [0.15, 0.2) is 0 Å². The number of hydrogen-bond donors (Lipinski definition) is 1. The molecule has 1 aromatic heterocycles. The van der Waals surface area contributed by atoms with Crippen LogP contribution in [0.25, 0.3) is 11.4 Å². The predicted octanol–water partition coefficient (Wildman–Crippen LogP) is 5.16. The van der Waals surface area contributed by atoms with E-state index in [0.29, 0.717) is 24.8 Å². The number of aryl methyl sites for hydroxylation is 1. The largest absolute Gasteiger partial charge is 0.345 e. The number of piperidine rings is 1. The van der Waals surface area contributed by atoms with Gasteiger partial charge in [0.25, 0.3) is 0 Å². The van der Waals surface area contributed by atoms with Gasteiger partial charge in [-0.2, -0.15) is 4.98 Å². The molecule has 6 nitrogen and oxygen atoms in total. The number of aromatic nitrogens is 2. The van der Waals surface area contributed by atoms with E-state index in [1.807, 2.05) is 48.5 Å². The molecule has 5 rings (SSSR count). The highest BCUT2D eigenvalue weighted by Gasteiger charge is 2.29. The molecule has 1 N–H and O–H groups in total. The van der Waals surface area contributed by atoms with Crippen molar-refractivity contribution in [3.63, 3.8) is 0 Å². The van der Waals surface area contributed by atoms with Crippen molar-refractivity contribution in [3.8, 4) is 11.4 Å². The van der Waals surface area contributed by atoms with Gasteiger partial charge in [0.2, 0.25) is 17.6 Å². The molecule has 0 saturated carbocycles. The highest BCUT2D eigenvalue weighted by molar-refractivity contribution is 5.80. The number of nitrogens with one attached hydrogen (secondary N) is 1. The number of rotatable bonds is 7. The van der Waals surface area contributed by atoms with Gasteiger partial charge in [-0.25, -0.2) is 0 Å². The first-order chi connectivity index (χ1) is 17.2. The van der Waals surface area contributed by atoms with Crippen molar-refractivity contribution in [3.05, 3.63) is 108 Å². The summed E-state index contributed by atoms with van der Waals surface area (Å²) in [5.74, 6) is 1.17. The maximum Gasteiger partial charge on any atom is 0.241 e. The van der Waals surface area contributed by atoms with Gasteiger partial charge in [-0.3, -0.25) is 9.69 Å². The molecular formula is C29H30N4O2. The monoisotopic (exact) mass is 466 g/mol. The number of hydrogen-bond acceptors (Lipinski definition) is 5. The molecule has 3 aromatic carbocycles. The summed E-state index contributed by atoms with van der Waals surface area (Å²) in [6.45, 7) is 4.20. The summed E-state index contributed by atoms with van der Waals surface area (Å²) in [5, 5.41) is 7.46. The summed E-state index contributed by atoms with van der Waals surface area (Å²) >= 11 is 0. The Balaban J connectivity index is 1.26. The molecule has 2 unspecified atom stereocenters. The van der Waals surface area contributed by atoms with Gasteiger partial charge in [-0.15, -0.1) is 0 Å². The zero-order chi connectivity index (χ0) is 24.0. The SMILES string of the molecule is Cc1ccc(C(NC(=O)C2CCCN(Cc3nc(-c4ccccc4)no3)C2)c2ccccc2)cc1. The third-order valence-corrected chi connectivity index (χ3v) is 6.57. The fourth-order valence-electron chi connectivity index (χ4n) is 4.65. The third-order valence-electron chi connectivity index (χ3n) is 6.57. The van der Waals surface area contributed by atoms with Crippen molar-refractivity contribution in [2.45, 2.75) is 32.4 Å². The van der Waals surface area contributed by atoms with E-state index in [-0.39, 0.29) is 17.9 Å². The summed E-state index contributed by atoms with van der Waals surface area (Å²) < 4.78 is 5.50. The van der Waals surface area contributed by atoms with E-state index < -0.39 is 0 Å². The molecule has 1 aliphatic heterocycles. The first-order valence-corrected chi connectivity index (χ1v) is 12.2. The van der Waals surface area contributed by atoms with Crippen LogP contribution >= 0.6 is 0 Å². The molecule has 1 aliphatic rings. The number of nitrogens with zero attached hydrogens (tertiary/aromatic N) is 3. The molecule has 0 aliphatic carbocycles. The van der Waals surface area contributed by atoms with E-state index in [1.165, 1.54) is 5.56 Å². The Bertz CT molecular complexity index is 1240. The second-order valence-electron chi connectivity index (χ2n) is 9.21. The van der Waals surface area contributed by atoms with Crippen molar-refractivity contribution in [1.29, 1.82) is 0 Å². The van der Waals surface area contributed by atoms with Crippen LogP contribution in [0.15, 0.2) is 89.5 Å². The maximum atomic E-state index is 13.4. The quantitative estimate of drug-likeness (QED) is 0.407. The van der Waals surface area contributed by atoms with Gasteiger partial charge in [-0.05, 0) is 37.4 Å². The normalized spacial score (nSPS) is 17.1.